The van der Waals surface area contributed by atoms with E-state index in [-0.39, 0.29) is 22.7 Å². The Labute approximate surface area is 219 Å². The Morgan fingerprint density at radius 3 is 2.11 bits per heavy atom. The molecule has 0 N–H and O–H groups in total. The van der Waals surface area contributed by atoms with E-state index in [1.54, 1.807) is 12.1 Å². The second-order valence-corrected chi connectivity index (χ2v) is 11.5. The first-order chi connectivity index (χ1) is 18.2. The summed E-state index contributed by atoms with van der Waals surface area (Å²) in [6.45, 7) is 0. The minimum Gasteiger partial charge on any atom is -0.299 e. The van der Waals surface area contributed by atoms with Crippen LogP contribution in [0.25, 0.3) is 0 Å². The van der Waals surface area contributed by atoms with Crippen LogP contribution in [0.15, 0.2) is 64.8 Å². The number of halogens is 4. The van der Waals surface area contributed by atoms with E-state index in [0.29, 0.717) is 23.3 Å². The Bertz CT molecular complexity index is 1330. The van der Waals surface area contributed by atoms with Crippen molar-refractivity contribution in [2.45, 2.75) is 69.9 Å². The molecule has 2 atom stereocenters. The lowest BCUT2D eigenvalue weighted by Gasteiger charge is -2.49. The largest absolute Gasteiger partial charge is 0.416 e. The molecule has 0 amide bonds. The van der Waals surface area contributed by atoms with Crippen LogP contribution in [-0.2, 0) is 11.0 Å². The third kappa shape index (κ3) is 4.34. The number of ketones is 2. The van der Waals surface area contributed by atoms with Crippen LogP contribution < -0.4 is 0 Å². The van der Waals surface area contributed by atoms with E-state index >= 15 is 0 Å². The number of nitrogens with zero attached hydrogens (tertiary/aromatic N) is 1. The van der Waals surface area contributed by atoms with Gasteiger partial charge in [-0.05, 0) is 67.3 Å². The predicted molar refractivity (Wildman–Crippen MR) is 135 cm³/mol. The van der Waals surface area contributed by atoms with E-state index in [9.17, 15) is 27.2 Å². The zero-order valence-corrected chi connectivity index (χ0v) is 21.0. The topological polar surface area (TPSA) is 46.5 Å². The van der Waals surface area contributed by atoms with Crippen molar-refractivity contribution in [3.8, 4) is 0 Å². The molecular weight excluding hydrogens is 494 g/mol. The number of hydrogen-bond donors (Lipinski definition) is 0. The van der Waals surface area contributed by atoms with Gasteiger partial charge in [0.1, 0.15) is 11.6 Å². The van der Waals surface area contributed by atoms with Crippen molar-refractivity contribution in [1.82, 2.24) is 0 Å². The summed E-state index contributed by atoms with van der Waals surface area (Å²) in [7, 11) is 0. The second kappa shape index (κ2) is 9.28. The molecule has 0 bridgehead atoms. The van der Waals surface area contributed by atoms with Gasteiger partial charge >= 0.3 is 6.18 Å². The summed E-state index contributed by atoms with van der Waals surface area (Å²) in [5.74, 6) is -1.99. The first-order valence-corrected chi connectivity index (χ1v) is 13.5. The quantitative estimate of drug-likeness (QED) is 0.303. The van der Waals surface area contributed by atoms with Gasteiger partial charge in [-0.25, -0.2) is 4.39 Å². The van der Waals surface area contributed by atoms with Gasteiger partial charge in [-0.15, -0.1) is 0 Å². The molecule has 7 heteroatoms. The Morgan fingerprint density at radius 1 is 0.868 bits per heavy atom. The summed E-state index contributed by atoms with van der Waals surface area (Å²) in [5, 5.41) is 0. The Balaban J connectivity index is 1.52. The van der Waals surface area contributed by atoms with Crippen molar-refractivity contribution in [2.24, 2.45) is 22.2 Å². The molecule has 3 fully saturated rings. The van der Waals surface area contributed by atoms with Gasteiger partial charge in [0.25, 0.3) is 0 Å². The van der Waals surface area contributed by atoms with Crippen molar-refractivity contribution in [1.29, 1.82) is 0 Å². The molecule has 4 aliphatic rings. The number of allylic oxidation sites excluding steroid dienone is 2. The first kappa shape index (κ1) is 25.2. The molecule has 2 aromatic rings. The number of carbonyl (C=O) groups excluding carboxylic acids is 2. The van der Waals surface area contributed by atoms with Crippen LogP contribution in [0, 0.1) is 23.1 Å². The first-order valence-electron chi connectivity index (χ1n) is 13.5. The summed E-state index contributed by atoms with van der Waals surface area (Å²) in [6, 6.07) is 10.1. The molecule has 1 aliphatic heterocycles. The number of benzene rings is 2. The lowest BCUT2D eigenvalue weighted by Crippen LogP contribution is -2.48. The van der Waals surface area contributed by atoms with Crippen molar-refractivity contribution in [3.05, 3.63) is 82.3 Å². The van der Waals surface area contributed by atoms with Crippen LogP contribution in [0.2, 0.25) is 0 Å². The lowest BCUT2D eigenvalue weighted by molar-refractivity contribution is -0.137. The van der Waals surface area contributed by atoms with Gasteiger partial charge in [0, 0.05) is 35.1 Å². The Hall–Kier alpha value is -3.09. The summed E-state index contributed by atoms with van der Waals surface area (Å²) >= 11 is 0. The molecule has 3 aliphatic carbocycles. The zero-order valence-electron chi connectivity index (χ0n) is 21.0. The normalized spacial score (nSPS) is 25.3. The highest BCUT2D eigenvalue weighted by Crippen LogP contribution is 2.56. The van der Waals surface area contributed by atoms with Crippen LogP contribution in [0.5, 0.6) is 0 Å². The molecule has 2 aromatic carbocycles. The highest BCUT2D eigenvalue weighted by molar-refractivity contribution is 6.16. The molecule has 3 nitrogen and oxygen atoms in total. The monoisotopic (exact) mass is 523 g/mol. The number of fused-ring (bicyclic) bond motifs is 1. The van der Waals surface area contributed by atoms with Crippen molar-refractivity contribution in [3.63, 3.8) is 0 Å². The summed E-state index contributed by atoms with van der Waals surface area (Å²) in [6.07, 6.45) is 3.48. The number of hydrogen-bond acceptors (Lipinski definition) is 3. The Kier molecular flexibility index (Phi) is 6.15. The summed E-state index contributed by atoms with van der Waals surface area (Å²) in [5.41, 5.74) is 1.80. The summed E-state index contributed by atoms with van der Waals surface area (Å²) in [4.78, 5) is 33.0. The molecule has 2 unspecified atom stereocenters. The molecule has 0 saturated heterocycles. The molecular formula is C31H29F4NO2. The molecule has 1 heterocycles. The van der Waals surface area contributed by atoms with Crippen LogP contribution >= 0.6 is 0 Å². The smallest absolute Gasteiger partial charge is 0.299 e. The van der Waals surface area contributed by atoms with Crippen LogP contribution in [-0.4, -0.2) is 17.3 Å². The number of alkyl halides is 3. The third-order valence-electron chi connectivity index (χ3n) is 9.10. The predicted octanol–water partition coefficient (Wildman–Crippen LogP) is 7.86. The number of aliphatic imine (C=N–C) groups is 1. The lowest BCUT2D eigenvalue weighted by atomic mass is 9.55. The molecule has 0 radical (unpaired) electrons. The molecule has 0 aromatic heterocycles. The van der Waals surface area contributed by atoms with Crippen LogP contribution in [0.3, 0.4) is 0 Å². The number of Topliss-reactive ketones (excluding diaryl/α,β-unsaturated/α-hetero) is 2. The van der Waals surface area contributed by atoms with Gasteiger partial charge in [0.05, 0.1) is 17.2 Å². The maximum atomic E-state index is 14.2. The molecule has 1 spiro atoms. The molecule has 198 valence electrons. The van der Waals surface area contributed by atoms with Crippen molar-refractivity contribution < 1.29 is 27.2 Å². The molecule has 6 rings (SSSR count). The average molecular weight is 524 g/mol. The van der Waals surface area contributed by atoms with Crippen molar-refractivity contribution in [2.75, 3.05) is 0 Å². The van der Waals surface area contributed by atoms with E-state index in [1.165, 1.54) is 24.3 Å². The zero-order chi connectivity index (χ0) is 26.7. The van der Waals surface area contributed by atoms with E-state index in [1.807, 2.05) is 0 Å². The average Bonchev–Trinajstić information content (AvgIpc) is 3.41. The molecule has 38 heavy (non-hydrogen) atoms. The maximum Gasteiger partial charge on any atom is 0.416 e. The Morgan fingerprint density at radius 2 is 1.53 bits per heavy atom. The van der Waals surface area contributed by atoms with Crippen molar-refractivity contribution >= 4 is 17.3 Å². The fourth-order valence-electron chi connectivity index (χ4n) is 7.04. The van der Waals surface area contributed by atoms with E-state index < -0.39 is 35.2 Å². The molecule has 3 saturated carbocycles. The minimum absolute atomic E-state index is 0.0461. The highest BCUT2D eigenvalue weighted by Gasteiger charge is 2.52. The van der Waals surface area contributed by atoms with Gasteiger partial charge in [0.2, 0.25) is 0 Å². The van der Waals surface area contributed by atoms with Crippen LogP contribution in [0.4, 0.5) is 17.6 Å². The van der Waals surface area contributed by atoms with Gasteiger partial charge in [0.15, 0.2) is 5.78 Å². The van der Waals surface area contributed by atoms with E-state index in [2.05, 4.69) is 0 Å². The number of carbonyl (C=O) groups is 2. The second-order valence-electron chi connectivity index (χ2n) is 11.5. The third-order valence-corrected chi connectivity index (χ3v) is 9.10. The highest BCUT2D eigenvalue weighted by atomic mass is 19.4. The number of rotatable bonds is 4. The summed E-state index contributed by atoms with van der Waals surface area (Å²) < 4.78 is 53.5. The van der Waals surface area contributed by atoms with Gasteiger partial charge < -0.3 is 0 Å². The van der Waals surface area contributed by atoms with Gasteiger partial charge in [-0.1, -0.05) is 43.5 Å². The SMILES string of the molecule is O=C(C1=C(C2CCCC2)N=C2CC3(CCC3)CC(=O)C2C1c1ccc(F)cc1)c1ccc(C(F)(F)F)cc1. The fraction of sp³-hybridized carbons (Fsp3) is 0.452. The van der Waals surface area contributed by atoms with Gasteiger partial charge in [-0.2, -0.15) is 13.2 Å². The van der Waals surface area contributed by atoms with Crippen LogP contribution in [0.1, 0.15) is 85.2 Å². The minimum atomic E-state index is -4.51. The van der Waals surface area contributed by atoms with Gasteiger partial charge in [-0.3, -0.25) is 14.6 Å². The fourth-order valence-corrected chi connectivity index (χ4v) is 7.04. The van der Waals surface area contributed by atoms with E-state index in [0.717, 1.165) is 69.2 Å². The standard InChI is InChI=1S/C31H29F4NO2/c32-22-12-8-18(9-13-22)25-26-23(16-30(14-3-15-30)17-24(26)37)36-28(19-4-1-2-5-19)27(25)29(38)20-6-10-21(11-7-20)31(33,34)35/h6-13,19,25-26H,1-5,14-17H2. The maximum absolute atomic E-state index is 14.2. The van der Waals surface area contributed by atoms with E-state index in [4.69, 9.17) is 4.99 Å².